The van der Waals surface area contributed by atoms with E-state index in [4.69, 9.17) is 0 Å². The van der Waals surface area contributed by atoms with Crippen molar-refractivity contribution in [1.29, 1.82) is 0 Å². The Morgan fingerprint density at radius 1 is 1.10 bits per heavy atom. The molecule has 1 rings (SSSR count). The number of likely N-dealkylation sites (N-methyl/N-ethyl adjacent to an activating group) is 2. The molecule has 2 N–H and O–H groups in total. The Balaban J connectivity index is 2.30. The lowest BCUT2D eigenvalue weighted by Gasteiger charge is -2.16. The van der Waals surface area contributed by atoms with Gasteiger partial charge >= 0.3 is 0 Å². The minimum atomic E-state index is -0.165. The normalized spacial score (nSPS) is 10.4. The maximum absolute atomic E-state index is 11.7. The molecule has 0 aliphatic heterocycles. The van der Waals surface area contributed by atoms with Crippen LogP contribution in [0.4, 0.5) is 0 Å². The molecule has 0 heterocycles. The third kappa shape index (κ3) is 6.33. The maximum atomic E-state index is 11.7. The number of hydrogen-bond donors (Lipinski definition) is 2. The number of benzene rings is 1. The smallest absolute Gasteiger partial charge is 0.239 e. The first-order chi connectivity index (χ1) is 9.51. The van der Waals surface area contributed by atoms with Crippen molar-refractivity contribution in [3.8, 4) is 0 Å². The van der Waals surface area contributed by atoms with Crippen LogP contribution in [0.3, 0.4) is 0 Å². The Bertz CT molecular complexity index is 443. The van der Waals surface area contributed by atoms with Gasteiger partial charge in [0.15, 0.2) is 0 Å². The van der Waals surface area contributed by atoms with Crippen LogP contribution in [0, 0.1) is 6.92 Å². The van der Waals surface area contributed by atoms with Gasteiger partial charge in [-0.2, -0.15) is 0 Å². The van der Waals surface area contributed by atoms with Gasteiger partial charge in [0, 0.05) is 13.1 Å². The van der Waals surface area contributed by atoms with Gasteiger partial charge in [-0.1, -0.05) is 29.8 Å². The fraction of sp³-hybridized carbons (Fsp3) is 0.467. The first kappa shape index (κ1) is 16.2. The Labute approximate surface area is 120 Å². The predicted octanol–water partition coefficient (Wildman–Crippen LogP) is 0.679. The topological polar surface area (TPSA) is 61.4 Å². The quantitative estimate of drug-likeness (QED) is 0.770. The van der Waals surface area contributed by atoms with Crippen LogP contribution in [0.15, 0.2) is 24.3 Å². The van der Waals surface area contributed by atoms with Crippen molar-refractivity contribution in [2.75, 3.05) is 26.7 Å². The van der Waals surface area contributed by atoms with E-state index in [-0.39, 0.29) is 24.9 Å². The number of nitrogens with one attached hydrogen (secondary N) is 2. The lowest BCUT2D eigenvalue weighted by molar-refractivity contribution is -0.126. The number of hydrogen-bond acceptors (Lipinski definition) is 3. The minimum Gasteiger partial charge on any atom is -0.355 e. The molecule has 0 aliphatic rings. The van der Waals surface area contributed by atoms with E-state index in [1.54, 1.807) is 0 Å². The summed E-state index contributed by atoms with van der Waals surface area (Å²) >= 11 is 0. The average molecular weight is 277 g/mol. The fourth-order valence-electron chi connectivity index (χ4n) is 1.80. The molecule has 5 nitrogen and oxygen atoms in total. The highest BCUT2D eigenvalue weighted by Crippen LogP contribution is 2.05. The second-order valence-electron chi connectivity index (χ2n) is 4.89. The number of rotatable bonds is 7. The van der Waals surface area contributed by atoms with Crippen molar-refractivity contribution in [3.63, 3.8) is 0 Å². The zero-order valence-corrected chi connectivity index (χ0v) is 12.4. The lowest BCUT2D eigenvalue weighted by atomic mass is 10.1. The Morgan fingerprint density at radius 3 is 2.35 bits per heavy atom. The van der Waals surface area contributed by atoms with Gasteiger partial charge in [-0.15, -0.1) is 0 Å². The highest BCUT2D eigenvalue weighted by molar-refractivity contribution is 5.85. The zero-order chi connectivity index (χ0) is 15.0. The molecule has 5 heteroatoms. The summed E-state index contributed by atoms with van der Waals surface area (Å²) in [4.78, 5) is 24.8. The van der Waals surface area contributed by atoms with Crippen LogP contribution in [0.5, 0.6) is 0 Å². The zero-order valence-electron chi connectivity index (χ0n) is 12.4. The molecule has 0 aromatic heterocycles. The van der Waals surface area contributed by atoms with Crippen molar-refractivity contribution in [2.45, 2.75) is 20.4 Å². The van der Waals surface area contributed by atoms with Crippen LogP contribution in [-0.4, -0.2) is 43.4 Å². The standard InChI is InChI=1S/C15H23N3O2/c1-4-16-14(19)9-17-15(20)11-18(3)10-13-7-5-12(2)6-8-13/h5-8H,4,9-11H2,1-3H3,(H,16,19)(H,17,20). The predicted molar refractivity (Wildman–Crippen MR) is 79.2 cm³/mol. The minimum absolute atomic E-state index is 0.0328. The summed E-state index contributed by atoms with van der Waals surface area (Å²) in [6, 6.07) is 8.22. The van der Waals surface area contributed by atoms with Crippen molar-refractivity contribution >= 4 is 11.8 Å². The lowest BCUT2D eigenvalue weighted by Crippen LogP contribution is -2.41. The fourth-order valence-corrected chi connectivity index (χ4v) is 1.80. The second kappa shape index (κ2) is 8.32. The van der Waals surface area contributed by atoms with Crippen LogP contribution < -0.4 is 10.6 Å². The first-order valence-electron chi connectivity index (χ1n) is 6.78. The van der Waals surface area contributed by atoms with E-state index < -0.39 is 0 Å². The van der Waals surface area contributed by atoms with Gasteiger partial charge in [0.25, 0.3) is 0 Å². The molecule has 0 saturated heterocycles. The number of carbonyl (C=O) groups is 2. The van der Waals surface area contributed by atoms with Gasteiger partial charge in [-0.25, -0.2) is 0 Å². The van der Waals surface area contributed by atoms with Crippen LogP contribution in [0.1, 0.15) is 18.1 Å². The van der Waals surface area contributed by atoms with Gasteiger partial charge in [0.05, 0.1) is 13.1 Å². The van der Waals surface area contributed by atoms with Crippen LogP contribution in [0.2, 0.25) is 0 Å². The second-order valence-corrected chi connectivity index (χ2v) is 4.89. The van der Waals surface area contributed by atoms with Gasteiger partial charge in [-0.05, 0) is 26.5 Å². The number of amides is 2. The Morgan fingerprint density at radius 2 is 1.75 bits per heavy atom. The third-order valence-electron chi connectivity index (χ3n) is 2.81. The molecule has 0 saturated carbocycles. The average Bonchev–Trinajstić information content (AvgIpc) is 2.39. The molecular formula is C15H23N3O2. The van der Waals surface area contributed by atoms with Crippen molar-refractivity contribution < 1.29 is 9.59 Å². The van der Waals surface area contributed by atoms with Crippen LogP contribution in [-0.2, 0) is 16.1 Å². The monoisotopic (exact) mass is 277 g/mol. The molecular weight excluding hydrogens is 254 g/mol. The van der Waals surface area contributed by atoms with Gasteiger partial charge in [0.2, 0.25) is 11.8 Å². The van der Waals surface area contributed by atoms with Gasteiger partial charge < -0.3 is 10.6 Å². The Hall–Kier alpha value is -1.88. The highest BCUT2D eigenvalue weighted by atomic mass is 16.2. The van der Waals surface area contributed by atoms with Crippen molar-refractivity contribution in [1.82, 2.24) is 15.5 Å². The SMILES string of the molecule is CCNC(=O)CNC(=O)CN(C)Cc1ccc(C)cc1. The molecule has 0 spiro atoms. The van der Waals surface area contributed by atoms with Crippen molar-refractivity contribution in [3.05, 3.63) is 35.4 Å². The highest BCUT2D eigenvalue weighted by Gasteiger charge is 2.08. The molecule has 0 atom stereocenters. The maximum Gasteiger partial charge on any atom is 0.239 e. The molecule has 1 aromatic rings. The van der Waals surface area contributed by atoms with E-state index >= 15 is 0 Å². The van der Waals surface area contributed by atoms with E-state index in [1.165, 1.54) is 5.56 Å². The molecule has 110 valence electrons. The number of aryl methyl sites for hydroxylation is 1. The summed E-state index contributed by atoms with van der Waals surface area (Å²) < 4.78 is 0. The third-order valence-corrected chi connectivity index (χ3v) is 2.81. The summed E-state index contributed by atoms with van der Waals surface area (Å²) in [6.45, 7) is 5.46. The summed E-state index contributed by atoms with van der Waals surface area (Å²) in [6.07, 6.45) is 0. The number of carbonyl (C=O) groups excluding carboxylic acids is 2. The first-order valence-corrected chi connectivity index (χ1v) is 6.78. The van der Waals surface area contributed by atoms with Crippen LogP contribution in [0.25, 0.3) is 0 Å². The summed E-state index contributed by atoms with van der Waals surface area (Å²) in [5.74, 6) is -0.312. The summed E-state index contributed by atoms with van der Waals surface area (Å²) in [5.41, 5.74) is 2.38. The van der Waals surface area contributed by atoms with E-state index in [9.17, 15) is 9.59 Å². The summed E-state index contributed by atoms with van der Waals surface area (Å²) in [7, 11) is 1.88. The van der Waals surface area contributed by atoms with E-state index in [2.05, 4.69) is 34.9 Å². The van der Waals surface area contributed by atoms with E-state index in [0.717, 1.165) is 5.56 Å². The molecule has 0 aliphatic carbocycles. The van der Waals surface area contributed by atoms with Crippen LogP contribution >= 0.6 is 0 Å². The molecule has 1 aromatic carbocycles. The molecule has 0 radical (unpaired) electrons. The van der Waals surface area contributed by atoms with Gasteiger partial charge in [-0.3, -0.25) is 14.5 Å². The van der Waals surface area contributed by atoms with E-state index in [0.29, 0.717) is 13.1 Å². The van der Waals surface area contributed by atoms with Crippen molar-refractivity contribution in [2.24, 2.45) is 0 Å². The molecule has 2 amide bonds. The number of nitrogens with zero attached hydrogens (tertiary/aromatic N) is 1. The molecule has 0 bridgehead atoms. The van der Waals surface area contributed by atoms with Gasteiger partial charge in [0.1, 0.15) is 0 Å². The molecule has 20 heavy (non-hydrogen) atoms. The Kier molecular flexibility index (Phi) is 6.73. The molecule has 0 unspecified atom stereocenters. The summed E-state index contributed by atoms with van der Waals surface area (Å²) in [5, 5.41) is 5.23. The largest absolute Gasteiger partial charge is 0.355 e. The molecule has 0 fully saturated rings. The van der Waals surface area contributed by atoms with E-state index in [1.807, 2.05) is 25.8 Å².